The van der Waals surface area contributed by atoms with Gasteiger partial charge in [-0.15, -0.1) is 0 Å². The number of aliphatic hydroxyl groups is 19. The van der Waals surface area contributed by atoms with E-state index in [1.165, 1.54) is 0 Å². The summed E-state index contributed by atoms with van der Waals surface area (Å²) in [6, 6.07) is -1.58. The highest BCUT2D eigenvalue weighted by Crippen LogP contribution is 2.35. The van der Waals surface area contributed by atoms with Crippen molar-refractivity contribution in [2.45, 2.75) is 191 Å². The molecule has 0 unspecified atom stereocenters. The number of carbonyl (C=O) groups excluding carboxylic acids is 1. The third-order valence-electron chi connectivity index (χ3n) is 12.8. The van der Waals surface area contributed by atoms with Crippen molar-refractivity contribution in [1.29, 1.82) is 0 Å². The van der Waals surface area contributed by atoms with Crippen LogP contribution in [0.2, 0.25) is 0 Å². The first-order chi connectivity index (χ1) is 33.1. The van der Waals surface area contributed by atoms with Gasteiger partial charge in [0.2, 0.25) is 5.91 Å². The SMILES string of the molecule is CC(=O)N[C@@H]1[C@@H](O)[C@H](O[C@@H]2O[C@H](CO[C@H]3O[C@H](CO[C@H]4O[C@H](CO)[C@@H](O)[C@H](O)[C@@H]4O[C@H]4O[C@H](CO)[C@@H](O)[C@H](O)[C@@H]4O)[C@@H](O)[C@H](O)[C@@H]3O)[C@@H](O)[C@H](O[C@H]3O[C@H](CO)[C@@H](O)[C@H](O)[C@@H]3O)[C@@H]2O)[C@@H](CO)O[C@H]1O. The fourth-order valence-electron chi connectivity index (χ4n) is 8.68. The minimum absolute atomic E-state index is 0.741. The number of nitrogens with one attached hydrogen (secondary N) is 1. The van der Waals surface area contributed by atoms with Gasteiger partial charge >= 0.3 is 0 Å². The van der Waals surface area contributed by atoms with Crippen molar-refractivity contribution in [3.63, 3.8) is 0 Å². The largest absolute Gasteiger partial charge is 0.394 e. The molecule has 32 nitrogen and oxygen atoms in total. The van der Waals surface area contributed by atoms with Gasteiger partial charge in [0, 0.05) is 6.92 Å². The van der Waals surface area contributed by atoms with E-state index in [0.717, 1.165) is 6.92 Å². The molecule has 32 heteroatoms. The first-order valence-corrected chi connectivity index (χ1v) is 22.1. The molecular formula is C38H65NO31. The lowest BCUT2D eigenvalue weighted by atomic mass is 9.95. The molecule has 70 heavy (non-hydrogen) atoms. The van der Waals surface area contributed by atoms with Crippen LogP contribution in [0.4, 0.5) is 0 Å². The summed E-state index contributed by atoms with van der Waals surface area (Å²) >= 11 is 0. The second-order valence-electron chi connectivity index (χ2n) is 17.6. The molecule has 0 aromatic heterocycles. The molecule has 0 aromatic rings. The van der Waals surface area contributed by atoms with E-state index in [1.54, 1.807) is 0 Å². The van der Waals surface area contributed by atoms with Gasteiger partial charge in [-0.1, -0.05) is 0 Å². The Labute approximate surface area is 395 Å². The van der Waals surface area contributed by atoms with Gasteiger partial charge in [-0.3, -0.25) is 4.79 Å². The fraction of sp³-hybridized carbons (Fsp3) is 0.974. The van der Waals surface area contributed by atoms with E-state index in [9.17, 15) is 102 Å². The van der Waals surface area contributed by atoms with Crippen LogP contribution >= 0.6 is 0 Å². The summed E-state index contributed by atoms with van der Waals surface area (Å²) in [5, 5.41) is 203. The van der Waals surface area contributed by atoms with Crippen molar-refractivity contribution in [3.05, 3.63) is 0 Å². The van der Waals surface area contributed by atoms with Crippen molar-refractivity contribution >= 4 is 5.91 Å². The molecule has 6 fully saturated rings. The lowest BCUT2D eigenvalue weighted by Crippen LogP contribution is -2.68. The topological polar surface area (TPSA) is 515 Å². The van der Waals surface area contributed by atoms with Crippen LogP contribution in [0.1, 0.15) is 6.92 Å². The van der Waals surface area contributed by atoms with E-state index in [-0.39, 0.29) is 0 Å². The lowest BCUT2D eigenvalue weighted by Gasteiger charge is -2.48. The average molecular weight is 1030 g/mol. The molecule has 0 spiro atoms. The number of rotatable bonds is 17. The Morgan fingerprint density at radius 3 is 1.24 bits per heavy atom. The summed E-state index contributed by atoms with van der Waals surface area (Å²) in [6.07, 6.45) is -55.1. The zero-order valence-corrected chi connectivity index (χ0v) is 37.0. The molecule has 408 valence electrons. The van der Waals surface area contributed by atoms with Crippen molar-refractivity contribution in [3.8, 4) is 0 Å². The van der Waals surface area contributed by atoms with Gasteiger partial charge in [-0.2, -0.15) is 0 Å². The smallest absolute Gasteiger partial charge is 0.217 e. The Balaban J connectivity index is 1.19. The maximum absolute atomic E-state index is 11.9. The molecule has 1 amide bonds. The molecule has 20 N–H and O–H groups in total. The predicted octanol–water partition coefficient (Wildman–Crippen LogP) is -14.0. The maximum Gasteiger partial charge on any atom is 0.217 e. The van der Waals surface area contributed by atoms with Gasteiger partial charge in [0.1, 0.15) is 146 Å². The summed E-state index contributed by atoms with van der Waals surface area (Å²) in [6.45, 7) is -4.38. The minimum Gasteiger partial charge on any atom is -0.394 e. The molecular weight excluding hydrogens is 966 g/mol. The van der Waals surface area contributed by atoms with Crippen LogP contribution < -0.4 is 5.32 Å². The first-order valence-electron chi connectivity index (χ1n) is 22.1. The zero-order valence-electron chi connectivity index (χ0n) is 37.0. The van der Waals surface area contributed by atoms with Gasteiger partial charge in [0.25, 0.3) is 0 Å². The first kappa shape index (κ1) is 57.5. The monoisotopic (exact) mass is 1030 g/mol. The second kappa shape index (κ2) is 24.7. The fourth-order valence-corrected chi connectivity index (χ4v) is 8.68. The van der Waals surface area contributed by atoms with E-state index in [4.69, 9.17) is 52.1 Å². The molecule has 0 aliphatic carbocycles. The molecule has 6 heterocycles. The number of aliphatic hydroxyl groups excluding tert-OH is 19. The van der Waals surface area contributed by atoms with Crippen LogP contribution in [0, 0.1) is 0 Å². The average Bonchev–Trinajstić information content (AvgIpc) is 3.33. The van der Waals surface area contributed by atoms with Crippen LogP contribution in [-0.4, -0.2) is 327 Å². The van der Waals surface area contributed by atoms with Gasteiger partial charge in [0.15, 0.2) is 37.7 Å². The summed E-state index contributed by atoms with van der Waals surface area (Å²) in [5.41, 5.74) is 0. The van der Waals surface area contributed by atoms with Crippen LogP contribution in [0.5, 0.6) is 0 Å². The normalized spacial score (nSPS) is 51.5. The lowest BCUT2D eigenvalue weighted by molar-refractivity contribution is -0.382. The van der Waals surface area contributed by atoms with E-state index >= 15 is 0 Å². The maximum atomic E-state index is 11.9. The van der Waals surface area contributed by atoms with Crippen LogP contribution in [0.15, 0.2) is 0 Å². The van der Waals surface area contributed by atoms with Crippen molar-refractivity contribution < 1.29 is 154 Å². The van der Waals surface area contributed by atoms with E-state index in [2.05, 4.69) is 5.32 Å². The Morgan fingerprint density at radius 1 is 0.371 bits per heavy atom. The number of hydrogen-bond acceptors (Lipinski definition) is 31. The predicted molar refractivity (Wildman–Crippen MR) is 211 cm³/mol. The third kappa shape index (κ3) is 12.2. The van der Waals surface area contributed by atoms with Crippen molar-refractivity contribution in [2.75, 3.05) is 39.6 Å². The van der Waals surface area contributed by atoms with E-state index in [0.29, 0.717) is 0 Å². The molecule has 6 saturated heterocycles. The molecule has 0 aromatic carbocycles. The number of amides is 1. The summed E-state index contributed by atoms with van der Waals surface area (Å²) in [5.74, 6) is -0.741. The summed E-state index contributed by atoms with van der Waals surface area (Å²) in [7, 11) is 0. The van der Waals surface area contributed by atoms with Gasteiger partial charge in [-0.05, 0) is 0 Å². The zero-order chi connectivity index (χ0) is 51.6. The summed E-state index contributed by atoms with van der Waals surface area (Å²) < 4.78 is 61.6. The van der Waals surface area contributed by atoms with Gasteiger partial charge in [-0.25, -0.2) is 0 Å². The Kier molecular flexibility index (Phi) is 20.3. The molecule has 6 rings (SSSR count). The highest BCUT2D eigenvalue weighted by Gasteiger charge is 2.56. The number of ether oxygens (including phenoxy) is 11. The molecule has 0 bridgehead atoms. The molecule has 0 saturated carbocycles. The second-order valence-corrected chi connectivity index (χ2v) is 17.6. The Bertz CT molecular complexity index is 1630. The number of hydrogen-bond donors (Lipinski definition) is 20. The minimum atomic E-state index is -2.19. The molecule has 6 aliphatic heterocycles. The van der Waals surface area contributed by atoms with Crippen LogP contribution in [0.3, 0.4) is 0 Å². The van der Waals surface area contributed by atoms with Crippen LogP contribution in [0.25, 0.3) is 0 Å². The van der Waals surface area contributed by atoms with E-state index < -0.39 is 230 Å². The third-order valence-corrected chi connectivity index (χ3v) is 12.8. The Hall–Kier alpha value is -1.73. The molecule has 6 aliphatic rings. The standard InChI is InChI=1S/C38H65NO31/c1-8(44)39-15-21(50)30(12(5-43)62-33(15)59)68-37-29(58)31(69-35-27(56)22(51)16(45)9(2-40)63-35)20(49)14(67-37)7-60-34-26(55)24(53)19(48)13(66-34)6-61-38-32(25(54)18(47)11(4-42)65-38)70-36-28(57)23(52)17(46)10(3-41)64-36/h9-38,40-43,45-59H,2-7H2,1H3,(H,39,44)/t9-,10-,11-,12-,13-,14-,15-,16-,17-,18-,19-,20-,21-,22+,23+,24+,25+,26+,27+,28+,29+,30-,31+,32+,33-,34+,35-,36-,37+,38+/m1/s1. The van der Waals surface area contributed by atoms with Crippen LogP contribution in [-0.2, 0) is 56.9 Å². The van der Waals surface area contributed by atoms with Crippen molar-refractivity contribution in [1.82, 2.24) is 5.32 Å². The highest BCUT2D eigenvalue weighted by atomic mass is 16.8. The molecule has 0 radical (unpaired) electrons. The molecule has 30 atom stereocenters. The summed E-state index contributed by atoms with van der Waals surface area (Å²) in [4.78, 5) is 11.9. The Morgan fingerprint density at radius 2 is 0.743 bits per heavy atom. The highest BCUT2D eigenvalue weighted by molar-refractivity contribution is 5.73. The quantitative estimate of drug-likeness (QED) is 0.0643. The number of carbonyl (C=O) groups is 1. The van der Waals surface area contributed by atoms with Gasteiger partial charge < -0.3 is 154 Å². The van der Waals surface area contributed by atoms with E-state index in [1.807, 2.05) is 0 Å². The van der Waals surface area contributed by atoms with Crippen molar-refractivity contribution in [2.24, 2.45) is 0 Å². The van der Waals surface area contributed by atoms with Gasteiger partial charge in [0.05, 0.1) is 39.6 Å².